The minimum Gasteiger partial charge on any atom is -0.508 e. The van der Waals surface area contributed by atoms with Gasteiger partial charge in [-0.25, -0.2) is 0 Å². The molecule has 0 unspecified atom stereocenters. The van der Waals surface area contributed by atoms with E-state index in [1.54, 1.807) is 6.07 Å². The predicted molar refractivity (Wildman–Crippen MR) is 55.4 cm³/mol. The van der Waals surface area contributed by atoms with E-state index in [0.717, 1.165) is 38.4 Å². The van der Waals surface area contributed by atoms with Gasteiger partial charge in [-0.3, -0.25) is 0 Å². The lowest BCUT2D eigenvalue weighted by Crippen LogP contribution is -2.17. The summed E-state index contributed by atoms with van der Waals surface area (Å²) < 4.78 is 5.31. The van der Waals surface area contributed by atoms with Gasteiger partial charge in [-0.2, -0.15) is 0 Å². The fraction of sp³-hybridized carbons (Fsp3) is 0.500. The maximum absolute atomic E-state index is 9.32. The van der Waals surface area contributed by atoms with Crippen molar-refractivity contribution in [2.24, 2.45) is 5.92 Å². The summed E-state index contributed by atoms with van der Waals surface area (Å²) in [5.74, 6) is 1.10. The molecule has 2 nitrogen and oxygen atoms in total. The lowest BCUT2D eigenvalue weighted by molar-refractivity contribution is 0.0665. The molecule has 0 atom stereocenters. The fourth-order valence-corrected chi connectivity index (χ4v) is 1.97. The molecule has 0 aliphatic carbocycles. The third kappa shape index (κ3) is 2.48. The summed E-state index contributed by atoms with van der Waals surface area (Å²) >= 11 is 0. The number of hydrogen-bond acceptors (Lipinski definition) is 2. The Labute approximate surface area is 84.5 Å². The summed E-state index contributed by atoms with van der Waals surface area (Å²) in [5.41, 5.74) is 1.23. The van der Waals surface area contributed by atoms with Crippen LogP contribution in [0.1, 0.15) is 18.4 Å². The second-order valence-corrected chi connectivity index (χ2v) is 3.93. The van der Waals surface area contributed by atoms with Crippen molar-refractivity contribution in [3.63, 3.8) is 0 Å². The lowest BCUT2D eigenvalue weighted by atomic mass is 9.92. The molecule has 0 amide bonds. The number of aromatic hydroxyl groups is 1. The van der Waals surface area contributed by atoms with Crippen molar-refractivity contribution in [1.82, 2.24) is 0 Å². The fourth-order valence-electron chi connectivity index (χ4n) is 1.97. The van der Waals surface area contributed by atoms with Crippen molar-refractivity contribution in [2.75, 3.05) is 13.2 Å². The number of benzene rings is 1. The normalized spacial score (nSPS) is 18.3. The second kappa shape index (κ2) is 4.47. The highest BCUT2D eigenvalue weighted by Gasteiger charge is 2.14. The monoisotopic (exact) mass is 192 g/mol. The van der Waals surface area contributed by atoms with Gasteiger partial charge in [0.25, 0.3) is 0 Å². The van der Waals surface area contributed by atoms with E-state index in [9.17, 15) is 5.11 Å². The highest BCUT2D eigenvalue weighted by molar-refractivity contribution is 5.27. The van der Waals surface area contributed by atoms with Crippen LogP contribution in [0.15, 0.2) is 24.3 Å². The number of ether oxygens (including phenoxy) is 1. The van der Waals surface area contributed by atoms with E-state index < -0.39 is 0 Å². The molecular weight excluding hydrogens is 176 g/mol. The summed E-state index contributed by atoms with van der Waals surface area (Å²) in [6.07, 6.45) is 3.36. The summed E-state index contributed by atoms with van der Waals surface area (Å²) in [7, 11) is 0. The first-order valence-electron chi connectivity index (χ1n) is 5.20. The van der Waals surface area contributed by atoms with Crippen LogP contribution in [0.2, 0.25) is 0 Å². The van der Waals surface area contributed by atoms with Crippen molar-refractivity contribution < 1.29 is 9.84 Å². The highest BCUT2D eigenvalue weighted by atomic mass is 16.5. The average Bonchev–Trinajstić information content (AvgIpc) is 2.19. The van der Waals surface area contributed by atoms with Crippen LogP contribution >= 0.6 is 0 Å². The van der Waals surface area contributed by atoms with Gasteiger partial charge in [0.1, 0.15) is 5.75 Å². The summed E-state index contributed by atoms with van der Waals surface area (Å²) in [4.78, 5) is 0. The molecule has 1 saturated heterocycles. The average molecular weight is 192 g/mol. The Bertz CT molecular complexity index is 290. The first-order valence-corrected chi connectivity index (χ1v) is 5.20. The summed E-state index contributed by atoms with van der Waals surface area (Å²) in [5, 5.41) is 9.32. The van der Waals surface area contributed by atoms with Crippen molar-refractivity contribution in [2.45, 2.75) is 19.3 Å². The molecule has 0 spiro atoms. The van der Waals surface area contributed by atoms with Crippen LogP contribution in [0, 0.1) is 5.92 Å². The molecule has 2 heteroatoms. The number of hydrogen-bond donors (Lipinski definition) is 1. The van der Waals surface area contributed by atoms with Crippen molar-refractivity contribution in [1.29, 1.82) is 0 Å². The smallest absolute Gasteiger partial charge is 0.115 e. The zero-order valence-corrected chi connectivity index (χ0v) is 8.28. The molecule has 1 aromatic carbocycles. The molecule has 1 aliphatic heterocycles. The molecule has 0 radical (unpaired) electrons. The number of phenols is 1. The zero-order valence-electron chi connectivity index (χ0n) is 8.28. The molecule has 1 fully saturated rings. The molecule has 76 valence electrons. The topological polar surface area (TPSA) is 29.5 Å². The first kappa shape index (κ1) is 9.53. The first-order chi connectivity index (χ1) is 6.84. The molecule has 1 heterocycles. The standard InChI is InChI=1S/C12H16O2/c13-12-3-1-2-11(9-12)8-10-4-6-14-7-5-10/h1-3,9-10,13H,4-8H2. The molecular formula is C12H16O2. The summed E-state index contributed by atoms with van der Waals surface area (Å²) in [6.45, 7) is 1.78. The van der Waals surface area contributed by atoms with E-state index in [1.165, 1.54) is 5.56 Å². The van der Waals surface area contributed by atoms with Crippen molar-refractivity contribution >= 4 is 0 Å². The van der Waals surface area contributed by atoms with Crippen molar-refractivity contribution in [3.8, 4) is 5.75 Å². The van der Waals surface area contributed by atoms with Crippen LogP contribution in [0.4, 0.5) is 0 Å². The molecule has 1 N–H and O–H groups in total. The lowest BCUT2D eigenvalue weighted by Gasteiger charge is -2.21. The van der Waals surface area contributed by atoms with Gasteiger partial charge < -0.3 is 9.84 Å². The minimum absolute atomic E-state index is 0.370. The van der Waals surface area contributed by atoms with Gasteiger partial charge in [0.05, 0.1) is 0 Å². The van der Waals surface area contributed by atoms with Crippen LogP contribution in [-0.4, -0.2) is 18.3 Å². The third-order valence-corrected chi connectivity index (χ3v) is 2.78. The van der Waals surface area contributed by atoms with Crippen LogP contribution in [0.25, 0.3) is 0 Å². The van der Waals surface area contributed by atoms with E-state index in [1.807, 2.05) is 12.1 Å². The zero-order chi connectivity index (χ0) is 9.80. The Morgan fingerprint density at radius 1 is 1.29 bits per heavy atom. The maximum Gasteiger partial charge on any atom is 0.115 e. The Morgan fingerprint density at radius 3 is 2.79 bits per heavy atom. The van der Waals surface area contributed by atoms with E-state index in [2.05, 4.69) is 6.07 Å². The number of phenolic OH excluding ortho intramolecular Hbond substituents is 1. The van der Waals surface area contributed by atoms with E-state index in [4.69, 9.17) is 4.74 Å². The number of rotatable bonds is 2. The molecule has 0 aromatic heterocycles. The molecule has 0 bridgehead atoms. The van der Waals surface area contributed by atoms with Crippen LogP contribution < -0.4 is 0 Å². The molecule has 0 saturated carbocycles. The van der Waals surface area contributed by atoms with Gasteiger partial charge in [-0.15, -0.1) is 0 Å². The quantitative estimate of drug-likeness (QED) is 0.779. The van der Waals surface area contributed by atoms with Crippen LogP contribution in [-0.2, 0) is 11.2 Å². The Kier molecular flexibility index (Phi) is 3.04. The van der Waals surface area contributed by atoms with Gasteiger partial charge >= 0.3 is 0 Å². The van der Waals surface area contributed by atoms with E-state index >= 15 is 0 Å². The highest BCUT2D eigenvalue weighted by Crippen LogP contribution is 2.21. The molecule has 1 aromatic rings. The molecule has 14 heavy (non-hydrogen) atoms. The molecule has 2 rings (SSSR count). The van der Waals surface area contributed by atoms with Crippen LogP contribution in [0.3, 0.4) is 0 Å². The second-order valence-electron chi connectivity index (χ2n) is 3.93. The Morgan fingerprint density at radius 2 is 2.07 bits per heavy atom. The summed E-state index contributed by atoms with van der Waals surface area (Å²) in [6, 6.07) is 7.56. The minimum atomic E-state index is 0.370. The molecule has 1 aliphatic rings. The maximum atomic E-state index is 9.32. The van der Waals surface area contributed by atoms with Gasteiger partial charge in [-0.1, -0.05) is 12.1 Å². The van der Waals surface area contributed by atoms with E-state index in [0.29, 0.717) is 5.75 Å². The SMILES string of the molecule is Oc1cccc(CC2CCOCC2)c1. The van der Waals surface area contributed by atoms with Crippen molar-refractivity contribution in [3.05, 3.63) is 29.8 Å². The van der Waals surface area contributed by atoms with Crippen LogP contribution in [0.5, 0.6) is 5.75 Å². The van der Waals surface area contributed by atoms with Gasteiger partial charge in [0.15, 0.2) is 0 Å². The van der Waals surface area contributed by atoms with E-state index in [-0.39, 0.29) is 0 Å². The van der Waals surface area contributed by atoms with Gasteiger partial charge in [0, 0.05) is 13.2 Å². The Balaban J connectivity index is 1.95. The van der Waals surface area contributed by atoms with Gasteiger partial charge in [-0.05, 0) is 42.9 Å². The third-order valence-electron chi connectivity index (χ3n) is 2.78. The largest absolute Gasteiger partial charge is 0.508 e. The van der Waals surface area contributed by atoms with Gasteiger partial charge in [0.2, 0.25) is 0 Å². The predicted octanol–water partition coefficient (Wildman–Crippen LogP) is 2.36. The Hall–Kier alpha value is -1.02.